The van der Waals surface area contributed by atoms with Crippen molar-refractivity contribution in [2.45, 2.75) is 6.92 Å². The molecule has 21 heavy (non-hydrogen) atoms. The van der Waals surface area contributed by atoms with E-state index in [-0.39, 0.29) is 0 Å². The first kappa shape index (κ1) is 13.4. The molecule has 0 amide bonds. The Hall–Kier alpha value is -2.55. The second-order valence-electron chi connectivity index (χ2n) is 5.39. The monoisotopic (exact) mass is 277 g/mol. The highest BCUT2D eigenvalue weighted by molar-refractivity contribution is 5.62. The summed E-state index contributed by atoms with van der Waals surface area (Å²) >= 11 is 0. The van der Waals surface area contributed by atoms with Gasteiger partial charge in [-0.2, -0.15) is 0 Å². The van der Waals surface area contributed by atoms with Gasteiger partial charge in [0.15, 0.2) is 0 Å². The van der Waals surface area contributed by atoms with Crippen LogP contribution in [0.2, 0.25) is 0 Å². The van der Waals surface area contributed by atoms with Crippen LogP contribution >= 0.6 is 0 Å². The van der Waals surface area contributed by atoms with E-state index in [2.05, 4.69) is 54.1 Å². The van der Waals surface area contributed by atoms with Gasteiger partial charge in [0, 0.05) is 25.3 Å². The van der Waals surface area contributed by atoms with Crippen molar-refractivity contribution in [2.75, 3.05) is 19.0 Å². The van der Waals surface area contributed by atoms with E-state index < -0.39 is 0 Å². The third kappa shape index (κ3) is 2.68. The van der Waals surface area contributed by atoms with E-state index >= 15 is 0 Å². The van der Waals surface area contributed by atoms with Crippen LogP contribution in [0.25, 0.3) is 17.1 Å². The van der Waals surface area contributed by atoms with Crippen molar-refractivity contribution in [3.05, 3.63) is 66.4 Å². The van der Waals surface area contributed by atoms with Gasteiger partial charge in [-0.05, 0) is 19.1 Å². The van der Waals surface area contributed by atoms with Crippen LogP contribution in [0.3, 0.4) is 0 Å². The lowest BCUT2D eigenvalue weighted by atomic mass is 10.2. The third-order valence-corrected chi connectivity index (χ3v) is 3.50. The molecule has 3 heteroatoms. The zero-order valence-corrected chi connectivity index (χ0v) is 12.6. The van der Waals surface area contributed by atoms with Crippen molar-refractivity contribution < 1.29 is 0 Å². The summed E-state index contributed by atoms with van der Waals surface area (Å²) in [4.78, 5) is 6.79. The summed E-state index contributed by atoms with van der Waals surface area (Å²) in [5, 5.41) is 0. The van der Waals surface area contributed by atoms with Crippen LogP contribution in [-0.4, -0.2) is 23.6 Å². The number of hydrogen-bond donors (Lipinski definition) is 0. The largest absolute Gasteiger partial charge is 0.361 e. The number of aryl methyl sites for hydroxylation is 1. The number of nitrogens with zero attached hydrogens (tertiary/aromatic N) is 3. The summed E-state index contributed by atoms with van der Waals surface area (Å²) < 4.78 is 2.14. The lowest BCUT2D eigenvalue weighted by Crippen LogP contribution is -2.08. The maximum Gasteiger partial charge on any atom is 0.147 e. The molecule has 0 fully saturated rings. The van der Waals surface area contributed by atoms with E-state index in [1.165, 1.54) is 5.56 Å². The minimum Gasteiger partial charge on any atom is -0.361 e. The normalized spacial score (nSPS) is 10.6. The van der Waals surface area contributed by atoms with Crippen molar-refractivity contribution in [3.63, 3.8) is 0 Å². The van der Waals surface area contributed by atoms with Gasteiger partial charge in [-0.15, -0.1) is 0 Å². The minimum absolute atomic E-state index is 0.953. The molecule has 0 radical (unpaired) electrons. The van der Waals surface area contributed by atoms with Gasteiger partial charge in [-0.25, -0.2) is 4.98 Å². The molecule has 1 aromatic heterocycles. The van der Waals surface area contributed by atoms with E-state index in [1.54, 1.807) is 0 Å². The predicted octanol–water partition coefficient (Wildman–Crippen LogP) is 3.91. The molecule has 0 saturated carbocycles. The number of hydrogen-bond acceptors (Lipinski definition) is 2. The van der Waals surface area contributed by atoms with Gasteiger partial charge in [0.1, 0.15) is 11.6 Å². The Labute approximate surface area is 125 Å². The molecule has 0 bridgehead atoms. The maximum absolute atomic E-state index is 4.77. The Balaban J connectivity index is 2.16. The highest BCUT2D eigenvalue weighted by Gasteiger charge is 2.12. The zero-order valence-electron chi connectivity index (χ0n) is 12.6. The van der Waals surface area contributed by atoms with Gasteiger partial charge in [-0.3, -0.25) is 4.57 Å². The van der Waals surface area contributed by atoms with Gasteiger partial charge >= 0.3 is 0 Å². The molecule has 3 nitrogen and oxygen atoms in total. The van der Waals surface area contributed by atoms with E-state index in [0.717, 1.165) is 22.9 Å². The second kappa shape index (κ2) is 5.44. The first-order valence-electron chi connectivity index (χ1n) is 7.04. The summed E-state index contributed by atoms with van der Waals surface area (Å²) in [5.74, 6) is 1.91. The Morgan fingerprint density at radius 3 is 2.19 bits per heavy atom. The molecular formula is C18H19N3. The maximum atomic E-state index is 4.77. The molecule has 0 aliphatic rings. The van der Waals surface area contributed by atoms with Crippen molar-refractivity contribution in [3.8, 4) is 17.1 Å². The zero-order chi connectivity index (χ0) is 14.8. The van der Waals surface area contributed by atoms with Crippen LogP contribution in [0.5, 0.6) is 0 Å². The summed E-state index contributed by atoms with van der Waals surface area (Å²) in [6, 6.07) is 18.8. The van der Waals surface area contributed by atoms with Crippen LogP contribution < -0.4 is 4.90 Å². The fraction of sp³-hybridized carbons (Fsp3) is 0.167. The fourth-order valence-corrected chi connectivity index (χ4v) is 2.28. The average molecular weight is 277 g/mol. The number of aromatic nitrogens is 2. The predicted molar refractivity (Wildman–Crippen MR) is 88.1 cm³/mol. The highest BCUT2D eigenvalue weighted by Crippen LogP contribution is 2.25. The quantitative estimate of drug-likeness (QED) is 0.723. The Morgan fingerprint density at radius 1 is 0.905 bits per heavy atom. The number of anilines is 1. The average Bonchev–Trinajstić information content (AvgIpc) is 2.94. The van der Waals surface area contributed by atoms with Gasteiger partial charge in [0.05, 0.1) is 6.20 Å². The molecule has 1 heterocycles. The summed E-state index contributed by atoms with van der Waals surface area (Å²) in [5.41, 5.74) is 3.50. The van der Waals surface area contributed by atoms with Gasteiger partial charge in [-0.1, -0.05) is 48.0 Å². The molecule has 106 valence electrons. The summed E-state index contributed by atoms with van der Waals surface area (Å²) in [6.45, 7) is 2.10. The van der Waals surface area contributed by atoms with Crippen molar-refractivity contribution in [1.29, 1.82) is 0 Å². The molecule has 0 aliphatic heterocycles. The van der Waals surface area contributed by atoms with Crippen LogP contribution in [0.1, 0.15) is 5.56 Å². The first-order valence-corrected chi connectivity index (χ1v) is 7.04. The molecular weight excluding hydrogens is 258 g/mol. The lowest BCUT2D eigenvalue weighted by molar-refractivity contribution is 1.06. The van der Waals surface area contributed by atoms with Crippen LogP contribution in [0, 0.1) is 6.92 Å². The molecule has 3 aromatic rings. The van der Waals surface area contributed by atoms with Crippen molar-refractivity contribution in [2.24, 2.45) is 0 Å². The van der Waals surface area contributed by atoms with Crippen molar-refractivity contribution in [1.82, 2.24) is 9.55 Å². The number of imidazole rings is 1. The smallest absolute Gasteiger partial charge is 0.147 e. The van der Waals surface area contributed by atoms with E-state index in [0.29, 0.717) is 0 Å². The van der Waals surface area contributed by atoms with E-state index in [9.17, 15) is 0 Å². The lowest BCUT2D eigenvalue weighted by Gasteiger charge is -2.08. The molecule has 0 atom stereocenters. The summed E-state index contributed by atoms with van der Waals surface area (Å²) in [6.07, 6.45) is 2.08. The van der Waals surface area contributed by atoms with Crippen LogP contribution in [0.15, 0.2) is 60.8 Å². The van der Waals surface area contributed by atoms with Crippen molar-refractivity contribution >= 4 is 5.82 Å². The van der Waals surface area contributed by atoms with E-state index in [4.69, 9.17) is 4.98 Å². The summed E-state index contributed by atoms with van der Waals surface area (Å²) in [7, 11) is 4.02. The molecule has 0 saturated heterocycles. The fourth-order valence-electron chi connectivity index (χ4n) is 2.28. The van der Waals surface area contributed by atoms with Gasteiger partial charge < -0.3 is 4.90 Å². The SMILES string of the molecule is Cc1ccc(-n2cc(N(C)C)nc2-c2ccccc2)cc1. The Bertz CT molecular complexity index is 725. The second-order valence-corrected chi connectivity index (χ2v) is 5.39. The standard InChI is InChI=1S/C18H19N3/c1-14-9-11-16(12-10-14)21-13-17(20(2)3)19-18(21)15-7-5-4-6-8-15/h4-13H,1-3H3. The minimum atomic E-state index is 0.953. The number of benzene rings is 2. The first-order chi connectivity index (χ1) is 10.1. The van der Waals surface area contributed by atoms with E-state index in [1.807, 2.05) is 37.2 Å². The molecule has 3 rings (SSSR count). The molecule has 0 aliphatic carbocycles. The molecule has 0 spiro atoms. The van der Waals surface area contributed by atoms with Crippen LogP contribution in [-0.2, 0) is 0 Å². The topological polar surface area (TPSA) is 21.1 Å². The molecule has 0 unspecified atom stereocenters. The van der Waals surface area contributed by atoms with Crippen LogP contribution in [0.4, 0.5) is 5.82 Å². The Morgan fingerprint density at radius 2 is 1.57 bits per heavy atom. The third-order valence-electron chi connectivity index (χ3n) is 3.50. The number of rotatable bonds is 3. The Kier molecular flexibility index (Phi) is 3.48. The molecule has 0 N–H and O–H groups in total. The van der Waals surface area contributed by atoms with Gasteiger partial charge in [0.2, 0.25) is 0 Å². The molecule has 2 aromatic carbocycles. The van der Waals surface area contributed by atoms with Gasteiger partial charge in [0.25, 0.3) is 0 Å². The highest BCUT2D eigenvalue weighted by atomic mass is 15.2.